The molecule has 0 bridgehead atoms. The molecule has 0 spiro atoms. The first-order chi connectivity index (χ1) is 23.5. The van der Waals surface area contributed by atoms with Crippen molar-refractivity contribution in [1.29, 1.82) is 0 Å². The monoisotopic (exact) mass is 729 g/mol. The first-order valence-electron chi connectivity index (χ1n) is 17.2. The van der Waals surface area contributed by atoms with E-state index in [1.165, 1.54) is 36.1 Å². The molecule has 286 valence electrons. The van der Waals surface area contributed by atoms with Crippen LogP contribution in [0.15, 0.2) is 36.5 Å². The minimum Gasteiger partial charge on any atom is -0.372 e. The molecule has 0 aromatic rings. The third-order valence-corrected chi connectivity index (χ3v) is 8.35. The van der Waals surface area contributed by atoms with Crippen molar-refractivity contribution in [2.75, 3.05) is 12.3 Å². The molecule has 1 aliphatic heterocycles. The summed E-state index contributed by atoms with van der Waals surface area (Å²) in [6, 6.07) is -1.80. The molecule has 3 fully saturated rings. The lowest BCUT2D eigenvalue weighted by Crippen LogP contribution is -2.66. The normalized spacial score (nSPS) is 19.9. The number of ketones is 1. The number of hydrogen-bond donors (Lipinski definition) is 7. The Kier molecular flexibility index (Phi) is 21.9. The number of primary amides is 1. The molecule has 2 saturated carbocycles. The Morgan fingerprint density at radius 3 is 2.06 bits per heavy atom. The molecule has 12 nitrogen and oxygen atoms in total. The van der Waals surface area contributed by atoms with Gasteiger partial charge in [-0.15, -0.1) is 0 Å². The number of halogens is 2. The van der Waals surface area contributed by atoms with Crippen LogP contribution in [0, 0.1) is 5.41 Å². The number of carbonyl (C=O) groups is 5. The summed E-state index contributed by atoms with van der Waals surface area (Å²) in [5, 5.41) is 8.33. The van der Waals surface area contributed by atoms with Gasteiger partial charge in [0.05, 0.1) is 6.04 Å². The lowest BCUT2D eigenvalue weighted by Gasteiger charge is -2.45. The summed E-state index contributed by atoms with van der Waals surface area (Å²) in [5.74, 6) is 2.38. The number of urea groups is 1. The Morgan fingerprint density at radius 1 is 1.08 bits per heavy atom. The van der Waals surface area contributed by atoms with Gasteiger partial charge in [-0.25, -0.2) is 10.2 Å². The maximum absolute atomic E-state index is 15.9. The number of hydrazine groups is 1. The van der Waals surface area contributed by atoms with Crippen molar-refractivity contribution in [1.82, 2.24) is 26.3 Å². The number of nitrogens with zero attached hydrogens (tertiary/aromatic N) is 1. The molecule has 15 heteroatoms. The molecule has 1 saturated heterocycles. The predicted octanol–water partition coefficient (Wildman–Crippen LogP) is 4.07. The van der Waals surface area contributed by atoms with Crippen molar-refractivity contribution in [2.45, 2.75) is 135 Å². The number of Topliss-reactive ketones (excluding diaryl/α,β-unsaturated/α-hetero) is 1. The van der Waals surface area contributed by atoms with Crippen LogP contribution >= 0.6 is 12.6 Å². The molecular weight excluding hydrogens is 668 g/mol. The first kappa shape index (κ1) is 46.9. The minimum absolute atomic E-state index is 0.0365. The van der Waals surface area contributed by atoms with Crippen LogP contribution in [0.1, 0.15) is 99.3 Å². The van der Waals surface area contributed by atoms with E-state index in [1.54, 1.807) is 27.7 Å². The summed E-state index contributed by atoms with van der Waals surface area (Å²) in [7, 11) is 0. The molecule has 2 aliphatic carbocycles. The van der Waals surface area contributed by atoms with Gasteiger partial charge in [0.25, 0.3) is 5.92 Å². The molecule has 3 unspecified atom stereocenters. The number of nitrogens with one attached hydrogen (secondary N) is 4. The molecule has 0 aromatic heterocycles. The highest BCUT2D eigenvalue weighted by atomic mass is 32.1. The molecule has 8 N–H and O–H groups in total. The van der Waals surface area contributed by atoms with Crippen molar-refractivity contribution >= 4 is 43.0 Å². The lowest BCUT2D eigenvalue weighted by atomic mass is 9.74. The standard InChI is InChI=1S/C26H39F2N3O3.C6H13N3O.C2H6S.CH3NO/c1-6-12-19(13-7-2)26(27,28)25(15-9-8-10-16-25)30-23(34)29-21(24(3,4)5)22(33)31-17-11-14-20(31)18-32;1-4(10)6(9-7)8-5-2-3-5;1-2-3;2-1-3/h6-7,12-13,18,20-21H,1,8-11,14-17H2,2-5H3,(H2,29,30,34);5-6,8-9H,2-3,7H2,1H3;3H,2H2,1H3;1H,(H2,2,3)/b13-7-,19-12+;;;. The molecular formula is C35H61F2N7O5S. The van der Waals surface area contributed by atoms with E-state index in [0.717, 1.165) is 31.3 Å². The molecule has 0 aromatic carbocycles. The second-order valence-electron chi connectivity index (χ2n) is 13.5. The van der Waals surface area contributed by atoms with Crippen molar-refractivity contribution in [3.8, 4) is 0 Å². The third-order valence-electron chi connectivity index (χ3n) is 8.35. The van der Waals surface area contributed by atoms with Crippen LogP contribution in [0.25, 0.3) is 0 Å². The van der Waals surface area contributed by atoms with Gasteiger partial charge in [-0.05, 0) is 63.5 Å². The molecule has 3 rings (SSSR count). The molecule has 50 heavy (non-hydrogen) atoms. The van der Waals surface area contributed by atoms with Gasteiger partial charge in [-0.3, -0.25) is 25.5 Å². The Morgan fingerprint density at radius 2 is 1.64 bits per heavy atom. The van der Waals surface area contributed by atoms with E-state index < -0.39 is 35.0 Å². The number of allylic oxidation sites excluding steroid dienone is 4. The highest BCUT2D eigenvalue weighted by Gasteiger charge is 2.56. The molecule has 3 aliphatic rings. The fourth-order valence-electron chi connectivity index (χ4n) is 5.70. The van der Waals surface area contributed by atoms with Gasteiger partial charge in [0.15, 0.2) is 5.78 Å². The summed E-state index contributed by atoms with van der Waals surface area (Å²) in [6.07, 6.45) is 11.9. The number of amides is 4. The van der Waals surface area contributed by atoms with Gasteiger partial charge < -0.3 is 26.1 Å². The second kappa shape index (κ2) is 23.4. The number of thiol groups is 1. The number of likely N-dealkylation sites (tertiary alicyclic amines) is 1. The van der Waals surface area contributed by atoms with Gasteiger partial charge in [0.2, 0.25) is 12.3 Å². The number of aldehydes is 1. The van der Waals surface area contributed by atoms with Crippen LogP contribution in [0.3, 0.4) is 0 Å². The molecule has 1 heterocycles. The number of nitrogens with two attached hydrogens (primary N) is 2. The number of rotatable bonds is 12. The Balaban J connectivity index is 0.00000124. The maximum Gasteiger partial charge on any atom is 0.316 e. The average molecular weight is 730 g/mol. The van der Waals surface area contributed by atoms with Gasteiger partial charge in [-0.1, -0.05) is 77.8 Å². The summed E-state index contributed by atoms with van der Waals surface area (Å²) >= 11 is 3.79. The zero-order valence-electron chi connectivity index (χ0n) is 30.6. The van der Waals surface area contributed by atoms with E-state index in [2.05, 4.69) is 46.3 Å². The number of alkyl halides is 2. The summed E-state index contributed by atoms with van der Waals surface area (Å²) in [4.78, 5) is 58.7. The third kappa shape index (κ3) is 15.0. The van der Waals surface area contributed by atoms with Crippen LogP contribution in [-0.4, -0.2) is 83.4 Å². The fraction of sp³-hybridized carbons (Fsp3) is 0.686. The quantitative estimate of drug-likeness (QED) is 0.0391. The largest absolute Gasteiger partial charge is 0.372 e. The number of carbonyl (C=O) groups excluding carboxylic acids is 5. The van der Waals surface area contributed by atoms with Gasteiger partial charge in [0.1, 0.15) is 24.0 Å². The van der Waals surface area contributed by atoms with E-state index in [-0.39, 0.29) is 42.7 Å². The topological polar surface area (TPSA) is 189 Å². The molecule has 0 radical (unpaired) electrons. The van der Waals surface area contributed by atoms with Crippen LogP contribution in [0.4, 0.5) is 13.6 Å². The Bertz CT molecular complexity index is 1150. The predicted molar refractivity (Wildman–Crippen MR) is 197 cm³/mol. The van der Waals surface area contributed by atoms with E-state index in [1.807, 2.05) is 6.92 Å². The number of hydrogen-bond acceptors (Lipinski definition) is 9. The first-order valence-corrected chi connectivity index (χ1v) is 17.8. The second-order valence-corrected chi connectivity index (χ2v) is 14.1. The molecule has 4 amide bonds. The average Bonchev–Trinajstić information content (AvgIpc) is 3.75. The fourth-order valence-corrected chi connectivity index (χ4v) is 5.70. The summed E-state index contributed by atoms with van der Waals surface area (Å²) in [5.41, 5.74) is 3.89. The van der Waals surface area contributed by atoms with Crippen molar-refractivity contribution in [3.05, 3.63) is 36.5 Å². The smallest absolute Gasteiger partial charge is 0.316 e. The van der Waals surface area contributed by atoms with Crippen LogP contribution in [0.2, 0.25) is 0 Å². The van der Waals surface area contributed by atoms with Gasteiger partial charge in [0, 0.05) is 18.2 Å². The maximum atomic E-state index is 15.9. The van der Waals surface area contributed by atoms with Crippen LogP contribution in [0.5, 0.6) is 0 Å². The van der Waals surface area contributed by atoms with Crippen molar-refractivity contribution in [2.24, 2.45) is 17.0 Å². The van der Waals surface area contributed by atoms with E-state index >= 15 is 8.78 Å². The lowest BCUT2D eigenvalue weighted by molar-refractivity contribution is -0.138. The zero-order valence-corrected chi connectivity index (χ0v) is 31.5. The Labute approximate surface area is 302 Å². The summed E-state index contributed by atoms with van der Waals surface area (Å²) < 4.78 is 31.8. The highest BCUT2D eigenvalue weighted by molar-refractivity contribution is 7.80. The van der Waals surface area contributed by atoms with Gasteiger partial charge >= 0.3 is 6.03 Å². The van der Waals surface area contributed by atoms with Gasteiger partial charge in [-0.2, -0.15) is 21.4 Å². The summed E-state index contributed by atoms with van der Waals surface area (Å²) in [6.45, 7) is 14.5. The highest BCUT2D eigenvalue weighted by Crippen LogP contribution is 2.45. The van der Waals surface area contributed by atoms with Crippen LogP contribution < -0.4 is 33.0 Å². The van der Waals surface area contributed by atoms with E-state index in [0.29, 0.717) is 38.3 Å². The van der Waals surface area contributed by atoms with Crippen molar-refractivity contribution in [3.63, 3.8) is 0 Å². The minimum atomic E-state index is -3.34. The van der Waals surface area contributed by atoms with E-state index in [4.69, 9.17) is 10.6 Å². The SMILES string of the molecule is C=C/C=C(\C=C/C)C(F)(F)C1(NC(=O)NC(C(=O)N2CCCC2C=O)C(C)(C)C)CCCCC1.CC(=O)C(NN)NC1CC1.CCS.NC=O. The van der Waals surface area contributed by atoms with Crippen molar-refractivity contribution < 1.29 is 32.8 Å². The molecule has 3 atom stereocenters. The van der Waals surface area contributed by atoms with Crippen LogP contribution in [-0.2, 0) is 19.2 Å². The zero-order chi connectivity index (χ0) is 38.5. The Hall–Kier alpha value is -3.14. The van der Waals surface area contributed by atoms with E-state index in [9.17, 15) is 19.2 Å².